The molecule has 1 aliphatic heterocycles. The maximum Gasteiger partial charge on any atom is 0.305 e. The Kier molecular flexibility index (Phi) is 63.7. The van der Waals surface area contributed by atoms with Crippen LogP contribution in [-0.2, 0) is 23.8 Å². The van der Waals surface area contributed by atoms with Gasteiger partial charge in [0.05, 0.1) is 32.0 Å². The second kappa shape index (κ2) is 66.6. The van der Waals surface area contributed by atoms with Gasteiger partial charge >= 0.3 is 5.97 Å². The molecule has 7 unspecified atom stereocenters. The van der Waals surface area contributed by atoms with E-state index in [1.54, 1.807) is 6.08 Å². The van der Waals surface area contributed by atoms with Gasteiger partial charge in [0.2, 0.25) is 5.91 Å². The molecule has 0 aromatic rings. The molecule has 7 atom stereocenters. The van der Waals surface area contributed by atoms with Crippen LogP contribution in [0.1, 0.15) is 393 Å². The highest BCUT2D eigenvalue weighted by atomic mass is 16.7. The van der Waals surface area contributed by atoms with Crippen molar-refractivity contribution < 1.29 is 49.3 Å². The molecule has 1 heterocycles. The van der Waals surface area contributed by atoms with Crippen molar-refractivity contribution in [3.05, 3.63) is 24.3 Å². The van der Waals surface area contributed by atoms with Crippen molar-refractivity contribution in [2.45, 2.75) is 436 Å². The van der Waals surface area contributed by atoms with Gasteiger partial charge in [-0.1, -0.05) is 346 Å². The summed E-state index contributed by atoms with van der Waals surface area (Å²) in [5, 5.41) is 54.3. The Morgan fingerprint density at radius 2 is 0.727 bits per heavy atom. The highest BCUT2D eigenvalue weighted by Crippen LogP contribution is 2.24. The molecule has 0 saturated carbocycles. The zero-order valence-electron chi connectivity index (χ0n) is 58.0. The molecule has 0 aliphatic carbocycles. The van der Waals surface area contributed by atoms with Crippen LogP contribution >= 0.6 is 0 Å². The first-order chi connectivity index (χ1) is 43.2. The van der Waals surface area contributed by atoms with E-state index < -0.39 is 49.5 Å². The van der Waals surface area contributed by atoms with Crippen LogP contribution in [0.3, 0.4) is 0 Å². The molecule has 520 valence electrons. The summed E-state index contributed by atoms with van der Waals surface area (Å²) in [5.41, 5.74) is 0. The van der Waals surface area contributed by atoms with Gasteiger partial charge in [-0.25, -0.2) is 0 Å². The second-order valence-electron chi connectivity index (χ2n) is 27.1. The summed E-state index contributed by atoms with van der Waals surface area (Å²) in [6.07, 6.45) is 75.1. The highest BCUT2D eigenvalue weighted by molar-refractivity contribution is 5.76. The number of unbranched alkanes of at least 4 members (excludes halogenated alkanes) is 53. The van der Waals surface area contributed by atoms with Crippen LogP contribution in [0, 0.1) is 0 Å². The van der Waals surface area contributed by atoms with Crippen LogP contribution in [0.4, 0.5) is 0 Å². The van der Waals surface area contributed by atoms with E-state index in [0.29, 0.717) is 19.4 Å². The SMILES string of the molecule is CCCCCCCCC/C=C/C(O)C(COC1OC(CO)C(O)C(O)C1O)NC(=O)CCCCCCCCCCCCCCCCCCC/C=C\CCCCCCCCCCCCCCCCCCCCOC(=O)CCCCCCCCCCCCCC. The average Bonchev–Trinajstić information content (AvgIpc) is 2.69. The minimum absolute atomic E-state index is 0.0181. The lowest BCUT2D eigenvalue weighted by molar-refractivity contribution is -0.302. The number of esters is 1. The molecule has 1 fully saturated rings. The standard InChI is InChI=1S/C77H147NO10/c1-3-5-7-9-11-13-14-45-49-53-57-61-65-73(82)86-66-62-58-54-50-46-43-41-39-37-35-33-31-29-27-25-23-21-19-17-15-16-18-20-22-24-26-28-30-32-34-36-38-40-42-44-48-52-56-60-64-72(81)78-69(70(80)63-59-55-51-47-12-10-8-6-4-2)68-87-77-76(85)75(84)74(83)71(67-79)88-77/h15-16,59,63,69-71,74-77,79-80,83-85H,3-14,17-58,60-62,64-68H2,1-2H3,(H,78,81)/b16-15-,63-59+. The molecule has 0 aromatic heterocycles. The number of rotatable bonds is 69. The van der Waals surface area contributed by atoms with Gasteiger partial charge in [-0.2, -0.15) is 0 Å². The molecular formula is C77H147NO10. The maximum atomic E-state index is 13.0. The first kappa shape index (κ1) is 84.2. The summed E-state index contributed by atoms with van der Waals surface area (Å²) < 4.78 is 16.7. The fourth-order valence-electron chi connectivity index (χ4n) is 12.5. The number of aliphatic hydroxyl groups is 5. The van der Waals surface area contributed by atoms with Crippen molar-refractivity contribution in [1.29, 1.82) is 0 Å². The Morgan fingerprint density at radius 1 is 0.409 bits per heavy atom. The van der Waals surface area contributed by atoms with E-state index in [1.807, 2.05) is 6.08 Å². The molecule has 1 aliphatic rings. The third-order valence-electron chi connectivity index (χ3n) is 18.6. The molecule has 11 heteroatoms. The maximum absolute atomic E-state index is 13.0. The molecule has 1 rings (SSSR count). The number of hydrogen-bond donors (Lipinski definition) is 6. The van der Waals surface area contributed by atoms with Crippen LogP contribution in [-0.4, -0.2) is 100 Å². The number of allylic oxidation sites excluding steroid dienone is 3. The number of nitrogens with one attached hydrogen (secondary N) is 1. The largest absolute Gasteiger partial charge is 0.466 e. The lowest BCUT2D eigenvalue weighted by Crippen LogP contribution is -2.60. The van der Waals surface area contributed by atoms with Gasteiger partial charge in [-0.05, 0) is 57.8 Å². The second-order valence-corrected chi connectivity index (χ2v) is 27.1. The summed E-state index contributed by atoms with van der Waals surface area (Å²) in [4.78, 5) is 25.1. The number of aliphatic hydroxyl groups excluding tert-OH is 5. The van der Waals surface area contributed by atoms with E-state index in [1.165, 1.54) is 315 Å². The smallest absolute Gasteiger partial charge is 0.305 e. The quantitative estimate of drug-likeness (QED) is 0.0195. The molecule has 1 amide bonds. The van der Waals surface area contributed by atoms with Gasteiger partial charge in [-0.3, -0.25) is 9.59 Å². The van der Waals surface area contributed by atoms with E-state index in [0.717, 1.165) is 51.4 Å². The highest BCUT2D eigenvalue weighted by Gasteiger charge is 2.44. The topological polar surface area (TPSA) is 175 Å². The average molecular weight is 1250 g/mol. The summed E-state index contributed by atoms with van der Waals surface area (Å²) in [7, 11) is 0. The van der Waals surface area contributed by atoms with Gasteiger partial charge in [-0.15, -0.1) is 0 Å². The van der Waals surface area contributed by atoms with Crippen molar-refractivity contribution >= 4 is 11.9 Å². The molecule has 0 aromatic carbocycles. The van der Waals surface area contributed by atoms with Crippen molar-refractivity contribution in [2.24, 2.45) is 0 Å². The van der Waals surface area contributed by atoms with Gasteiger partial charge < -0.3 is 45.1 Å². The van der Waals surface area contributed by atoms with E-state index in [4.69, 9.17) is 14.2 Å². The predicted octanol–water partition coefficient (Wildman–Crippen LogP) is 20.4. The number of carbonyl (C=O) groups excluding carboxylic acids is 2. The predicted molar refractivity (Wildman–Crippen MR) is 371 cm³/mol. The van der Waals surface area contributed by atoms with Gasteiger partial charge in [0.1, 0.15) is 24.4 Å². The lowest BCUT2D eigenvalue weighted by Gasteiger charge is -2.40. The number of carbonyl (C=O) groups is 2. The number of amides is 1. The Labute approximate surface area is 543 Å². The Morgan fingerprint density at radius 3 is 1.09 bits per heavy atom. The third-order valence-corrected chi connectivity index (χ3v) is 18.6. The Hall–Kier alpha value is -1.86. The molecular weight excluding hydrogens is 1100 g/mol. The molecule has 11 nitrogen and oxygen atoms in total. The lowest BCUT2D eigenvalue weighted by atomic mass is 9.99. The van der Waals surface area contributed by atoms with E-state index in [9.17, 15) is 35.1 Å². The van der Waals surface area contributed by atoms with E-state index >= 15 is 0 Å². The number of ether oxygens (including phenoxy) is 3. The molecule has 0 spiro atoms. The van der Waals surface area contributed by atoms with Crippen LogP contribution in [0.25, 0.3) is 0 Å². The molecule has 0 bridgehead atoms. The van der Waals surface area contributed by atoms with E-state index in [2.05, 4.69) is 31.3 Å². The van der Waals surface area contributed by atoms with Gasteiger partial charge in [0.25, 0.3) is 0 Å². The Balaban J connectivity index is 1.86. The van der Waals surface area contributed by atoms with Gasteiger partial charge in [0.15, 0.2) is 6.29 Å². The molecule has 1 saturated heterocycles. The van der Waals surface area contributed by atoms with Crippen molar-refractivity contribution in [1.82, 2.24) is 5.32 Å². The third kappa shape index (κ3) is 54.7. The first-order valence-corrected chi connectivity index (χ1v) is 38.6. The molecule has 88 heavy (non-hydrogen) atoms. The fourth-order valence-corrected chi connectivity index (χ4v) is 12.5. The molecule has 0 radical (unpaired) electrons. The van der Waals surface area contributed by atoms with Crippen LogP contribution in [0.5, 0.6) is 0 Å². The van der Waals surface area contributed by atoms with Crippen molar-refractivity contribution in [3.63, 3.8) is 0 Å². The molecule has 6 N–H and O–H groups in total. The monoisotopic (exact) mass is 1250 g/mol. The Bertz CT molecular complexity index is 1510. The summed E-state index contributed by atoms with van der Waals surface area (Å²) in [5.74, 6) is -0.159. The number of hydrogen-bond acceptors (Lipinski definition) is 10. The van der Waals surface area contributed by atoms with Gasteiger partial charge in [0, 0.05) is 12.8 Å². The minimum atomic E-state index is -1.57. The normalized spacial score (nSPS) is 17.8. The van der Waals surface area contributed by atoms with Crippen molar-refractivity contribution in [3.8, 4) is 0 Å². The van der Waals surface area contributed by atoms with Crippen LogP contribution in [0.15, 0.2) is 24.3 Å². The van der Waals surface area contributed by atoms with Crippen molar-refractivity contribution in [2.75, 3.05) is 19.8 Å². The van der Waals surface area contributed by atoms with Crippen LogP contribution in [0.2, 0.25) is 0 Å². The summed E-state index contributed by atoms with van der Waals surface area (Å²) >= 11 is 0. The first-order valence-electron chi connectivity index (χ1n) is 38.6. The zero-order chi connectivity index (χ0) is 63.7. The zero-order valence-corrected chi connectivity index (χ0v) is 58.0. The van der Waals surface area contributed by atoms with E-state index in [-0.39, 0.29) is 18.5 Å². The summed E-state index contributed by atoms with van der Waals surface area (Å²) in [6.45, 7) is 4.36. The fraction of sp³-hybridized carbons (Fsp3) is 0.922. The summed E-state index contributed by atoms with van der Waals surface area (Å²) in [6, 6.07) is -0.805. The minimum Gasteiger partial charge on any atom is -0.466 e. The van der Waals surface area contributed by atoms with Crippen LogP contribution < -0.4 is 5.32 Å².